The average Bonchev–Trinajstić information content (AvgIpc) is 2.62. The number of anilines is 1. The van der Waals surface area contributed by atoms with Crippen LogP contribution in [0.15, 0.2) is 29.4 Å². The molecule has 0 spiro atoms. The maximum absolute atomic E-state index is 12.4. The molecule has 0 saturated heterocycles. The fraction of sp³-hybridized carbons (Fsp3) is 0.333. The molecule has 0 fully saturated rings. The summed E-state index contributed by atoms with van der Waals surface area (Å²) in [6.07, 6.45) is 1.75. The number of methoxy groups -OCH3 is 2. The Kier molecular flexibility index (Phi) is 6.52. The standard InChI is InChI=1S/C18H23N3O3S/c1-12-9-20-17(13(2)18(12)24-5)10-25(22)11-21-15-7-6-14(23-4)8-16(15)19-3/h6-9,21H,3,10-11H2,1-2,4-5H3. The van der Waals surface area contributed by atoms with Crippen LogP contribution in [0.3, 0.4) is 0 Å². The molecule has 2 aromatic rings. The Morgan fingerprint density at radius 3 is 2.68 bits per heavy atom. The van der Waals surface area contributed by atoms with E-state index in [2.05, 4.69) is 22.0 Å². The van der Waals surface area contributed by atoms with E-state index in [1.54, 1.807) is 26.5 Å². The van der Waals surface area contributed by atoms with Gasteiger partial charge >= 0.3 is 0 Å². The molecule has 0 amide bonds. The minimum atomic E-state index is -1.14. The van der Waals surface area contributed by atoms with Crippen molar-refractivity contribution in [3.05, 3.63) is 41.2 Å². The van der Waals surface area contributed by atoms with E-state index in [0.29, 0.717) is 17.2 Å². The number of aliphatic imine (C=N–C) groups is 1. The van der Waals surface area contributed by atoms with Crippen LogP contribution < -0.4 is 14.8 Å². The van der Waals surface area contributed by atoms with E-state index in [1.807, 2.05) is 26.0 Å². The first-order valence-electron chi connectivity index (χ1n) is 7.72. The van der Waals surface area contributed by atoms with Gasteiger partial charge in [-0.1, -0.05) is 0 Å². The van der Waals surface area contributed by atoms with Crippen molar-refractivity contribution in [2.75, 3.05) is 25.4 Å². The lowest BCUT2D eigenvalue weighted by Crippen LogP contribution is -2.12. The Morgan fingerprint density at radius 1 is 1.28 bits per heavy atom. The van der Waals surface area contributed by atoms with Crippen molar-refractivity contribution in [2.45, 2.75) is 19.6 Å². The molecular formula is C18H23N3O3S. The van der Waals surface area contributed by atoms with Crippen molar-refractivity contribution in [1.82, 2.24) is 4.98 Å². The predicted octanol–water partition coefficient (Wildman–Crippen LogP) is 3.37. The summed E-state index contributed by atoms with van der Waals surface area (Å²) in [5, 5.41) is 3.15. The lowest BCUT2D eigenvalue weighted by Gasteiger charge is -2.13. The van der Waals surface area contributed by atoms with Crippen LogP contribution in [0.1, 0.15) is 16.8 Å². The quantitative estimate of drug-likeness (QED) is 0.730. The zero-order valence-electron chi connectivity index (χ0n) is 15.0. The van der Waals surface area contributed by atoms with Crippen molar-refractivity contribution in [2.24, 2.45) is 4.99 Å². The largest absolute Gasteiger partial charge is 0.497 e. The lowest BCUT2D eigenvalue weighted by atomic mass is 10.1. The molecule has 7 heteroatoms. The summed E-state index contributed by atoms with van der Waals surface area (Å²) >= 11 is 0. The van der Waals surface area contributed by atoms with Crippen LogP contribution in [0.25, 0.3) is 0 Å². The summed E-state index contributed by atoms with van der Waals surface area (Å²) in [5.74, 6) is 2.12. The van der Waals surface area contributed by atoms with Gasteiger partial charge in [0, 0.05) is 34.2 Å². The second-order valence-corrected chi connectivity index (χ2v) is 6.95. The molecule has 1 aromatic heterocycles. The van der Waals surface area contributed by atoms with E-state index in [-0.39, 0.29) is 5.88 Å². The van der Waals surface area contributed by atoms with E-state index in [9.17, 15) is 4.21 Å². The number of aromatic nitrogens is 1. The van der Waals surface area contributed by atoms with Gasteiger partial charge in [-0.25, -0.2) is 0 Å². The van der Waals surface area contributed by atoms with E-state index in [1.165, 1.54) is 0 Å². The molecular weight excluding hydrogens is 338 g/mol. The van der Waals surface area contributed by atoms with Gasteiger partial charge in [-0.15, -0.1) is 0 Å². The molecule has 0 aliphatic heterocycles. The number of pyridine rings is 1. The Bertz CT molecular complexity index is 793. The first kappa shape index (κ1) is 18.9. The van der Waals surface area contributed by atoms with Crippen molar-refractivity contribution >= 4 is 28.9 Å². The maximum atomic E-state index is 12.4. The number of aryl methyl sites for hydroxylation is 1. The van der Waals surface area contributed by atoms with Gasteiger partial charge in [0.25, 0.3) is 0 Å². The summed E-state index contributed by atoms with van der Waals surface area (Å²) in [5.41, 5.74) is 4.08. The summed E-state index contributed by atoms with van der Waals surface area (Å²) in [7, 11) is 2.08. The monoisotopic (exact) mass is 361 g/mol. The van der Waals surface area contributed by atoms with Crippen LogP contribution in [0.5, 0.6) is 11.5 Å². The highest BCUT2D eigenvalue weighted by Gasteiger charge is 2.12. The van der Waals surface area contributed by atoms with Gasteiger partial charge in [0.15, 0.2) is 0 Å². The van der Waals surface area contributed by atoms with E-state index in [4.69, 9.17) is 9.47 Å². The highest BCUT2D eigenvalue weighted by Crippen LogP contribution is 2.29. The minimum absolute atomic E-state index is 0.284. The Labute approximate surface area is 150 Å². The molecule has 1 unspecified atom stereocenters. The molecule has 0 aliphatic carbocycles. The van der Waals surface area contributed by atoms with Gasteiger partial charge in [0.1, 0.15) is 11.5 Å². The van der Waals surface area contributed by atoms with Crippen molar-refractivity contribution in [3.63, 3.8) is 0 Å². The zero-order chi connectivity index (χ0) is 18.4. The number of hydrogen-bond donors (Lipinski definition) is 1. The van der Waals surface area contributed by atoms with Gasteiger partial charge in [-0.2, -0.15) is 0 Å². The van der Waals surface area contributed by atoms with Crippen LogP contribution in [0.2, 0.25) is 0 Å². The molecule has 0 radical (unpaired) electrons. The SMILES string of the molecule is C=Nc1cc(OC)ccc1NCS(=O)Cc1ncc(C)c(OC)c1C. The van der Waals surface area contributed by atoms with Crippen LogP contribution in [0, 0.1) is 13.8 Å². The number of rotatable bonds is 8. The van der Waals surface area contributed by atoms with E-state index in [0.717, 1.165) is 28.3 Å². The Morgan fingerprint density at radius 2 is 2.04 bits per heavy atom. The molecule has 0 bridgehead atoms. The summed E-state index contributed by atoms with van der Waals surface area (Å²) in [4.78, 5) is 8.36. The molecule has 1 aromatic carbocycles. The molecule has 1 N–H and O–H groups in total. The van der Waals surface area contributed by atoms with Gasteiger partial charge in [-0.3, -0.25) is 14.2 Å². The lowest BCUT2D eigenvalue weighted by molar-refractivity contribution is 0.407. The van der Waals surface area contributed by atoms with Gasteiger partial charge in [0.2, 0.25) is 0 Å². The third-order valence-electron chi connectivity index (χ3n) is 3.85. The second kappa shape index (κ2) is 8.62. The number of nitrogens with zero attached hydrogens (tertiary/aromatic N) is 2. The third kappa shape index (κ3) is 4.57. The van der Waals surface area contributed by atoms with Crippen LogP contribution in [0.4, 0.5) is 11.4 Å². The predicted molar refractivity (Wildman–Crippen MR) is 103 cm³/mol. The highest BCUT2D eigenvalue weighted by atomic mass is 32.2. The molecule has 1 atom stereocenters. The fourth-order valence-corrected chi connectivity index (χ4v) is 3.51. The maximum Gasteiger partial charge on any atom is 0.128 e. The molecule has 6 nitrogen and oxygen atoms in total. The van der Waals surface area contributed by atoms with E-state index < -0.39 is 10.8 Å². The van der Waals surface area contributed by atoms with Crippen molar-refractivity contribution in [1.29, 1.82) is 0 Å². The fourth-order valence-electron chi connectivity index (χ4n) is 2.50. The van der Waals surface area contributed by atoms with Gasteiger partial charge < -0.3 is 14.8 Å². The normalized spacial score (nSPS) is 11.7. The number of ether oxygens (including phenoxy) is 2. The topological polar surface area (TPSA) is 72.8 Å². The Balaban J connectivity index is 2.06. The third-order valence-corrected chi connectivity index (χ3v) is 4.91. The smallest absolute Gasteiger partial charge is 0.128 e. The summed E-state index contributed by atoms with van der Waals surface area (Å²) < 4.78 is 23.0. The first-order valence-corrected chi connectivity index (χ1v) is 9.21. The molecule has 0 saturated carbocycles. The van der Waals surface area contributed by atoms with Crippen molar-refractivity contribution in [3.8, 4) is 11.5 Å². The number of nitrogens with one attached hydrogen (secondary N) is 1. The minimum Gasteiger partial charge on any atom is -0.497 e. The molecule has 134 valence electrons. The number of hydrogen-bond acceptors (Lipinski definition) is 6. The van der Waals surface area contributed by atoms with Crippen LogP contribution in [-0.4, -0.2) is 36.0 Å². The van der Waals surface area contributed by atoms with Crippen LogP contribution >= 0.6 is 0 Å². The first-order chi connectivity index (χ1) is 12.0. The number of benzene rings is 1. The summed E-state index contributed by atoms with van der Waals surface area (Å²) in [6.45, 7) is 7.43. The molecule has 25 heavy (non-hydrogen) atoms. The average molecular weight is 361 g/mol. The second-order valence-electron chi connectivity index (χ2n) is 5.49. The zero-order valence-corrected chi connectivity index (χ0v) is 15.8. The summed E-state index contributed by atoms with van der Waals surface area (Å²) in [6, 6.07) is 5.42. The molecule has 1 heterocycles. The van der Waals surface area contributed by atoms with Gasteiger partial charge in [0.05, 0.1) is 42.9 Å². The highest BCUT2D eigenvalue weighted by molar-refractivity contribution is 7.84. The van der Waals surface area contributed by atoms with Crippen molar-refractivity contribution < 1.29 is 13.7 Å². The van der Waals surface area contributed by atoms with Crippen LogP contribution in [-0.2, 0) is 16.6 Å². The molecule has 0 aliphatic rings. The molecule has 2 rings (SSSR count). The Hall–Kier alpha value is -2.41. The van der Waals surface area contributed by atoms with Gasteiger partial charge in [-0.05, 0) is 32.7 Å². The van der Waals surface area contributed by atoms with E-state index >= 15 is 0 Å².